The van der Waals surface area contributed by atoms with E-state index >= 15 is 0 Å². The number of anilines is 1. The summed E-state index contributed by atoms with van der Waals surface area (Å²) in [6.07, 6.45) is 7.47. The van der Waals surface area contributed by atoms with Gasteiger partial charge in [0.25, 0.3) is 0 Å². The van der Waals surface area contributed by atoms with Crippen molar-refractivity contribution in [1.29, 1.82) is 0 Å². The molecule has 2 aromatic heterocycles. The second-order valence-corrected chi connectivity index (χ2v) is 6.15. The molecular weight excluding hydrogens is 328 g/mol. The van der Waals surface area contributed by atoms with E-state index in [-0.39, 0.29) is 12.1 Å². The Morgan fingerprint density at radius 2 is 2.29 bits per heavy atom. The Labute approximate surface area is 145 Å². The number of halogens is 1. The molecule has 1 N–H and O–H groups in total. The molecule has 0 bridgehead atoms. The standard InChI is InChI=1S/C16H19ClN6O/c1-22(10-13-9-18-6-7-19-13)16(24)21-12-4-8-23(11-12)15-14(17)3-2-5-20-15/h2-3,5-7,9,12H,4,8,10-11H2,1H3,(H,21,24). The van der Waals surface area contributed by atoms with Gasteiger partial charge in [-0.3, -0.25) is 9.97 Å². The third kappa shape index (κ3) is 3.91. The Morgan fingerprint density at radius 3 is 3.04 bits per heavy atom. The van der Waals surface area contributed by atoms with E-state index in [1.54, 1.807) is 36.7 Å². The van der Waals surface area contributed by atoms with Crippen LogP contribution in [0.1, 0.15) is 12.1 Å². The topological polar surface area (TPSA) is 74.2 Å². The smallest absolute Gasteiger partial charge is 0.317 e. The minimum absolute atomic E-state index is 0.0693. The number of pyridine rings is 1. The van der Waals surface area contributed by atoms with Crippen LogP contribution < -0.4 is 10.2 Å². The molecule has 1 saturated heterocycles. The minimum Gasteiger partial charge on any atom is -0.353 e. The van der Waals surface area contributed by atoms with Crippen molar-refractivity contribution < 1.29 is 4.79 Å². The number of aromatic nitrogens is 3. The van der Waals surface area contributed by atoms with Crippen molar-refractivity contribution in [2.45, 2.75) is 19.0 Å². The summed E-state index contributed by atoms with van der Waals surface area (Å²) in [7, 11) is 1.74. The van der Waals surface area contributed by atoms with Crippen LogP contribution in [0.4, 0.5) is 10.6 Å². The number of hydrogen-bond donors (Lipinski definition) is 1. The molecule has 0 spiro atoms. The van der Waals surface area contributed by atoms with Gasteiger partial charge in [-0.2, -0.15) is 0 Å². The Morgan fingerprint density at radius 1 is 1.42 bits per heavy atom. The molecule has 1 unspecified atom stereocenters. The Balaban J connectivity index is 1.53. The molecule has 126 valence electrons. The fourth-order valence-electron chi connectivity index (χ4n) is 2.69. The van der Waals surface area contributed by atoms with Crippen molar-refractivity contribution in [1.82, 2.24) is 25.2 Å². The molecule has 0 aromatic carbocycles. The first-order valence-corrected chi connectivity index (χ1v) is 8.13. The zero-order chi connectivity index (χ0) is 16.9. The number of amides is 2. The summed E-state index contributed by atoms with van der Waals surface area (Å²) in [5, 5.41) is 3.67. The molecule has 0 saturated carbocycles. The molecule has 1 fully saturated rings. The summed E-state index contributed by atoms with van der Waals surface area (Å²) >= 11 is 6.19. The van der Waals surface area contributed by atoms with E-state index in [1.165, 1.54) is 0 Å². The lowest BCUT2D eigenvalue weighted by molar-refractivity contribution is 0.203. The predicted molar refractivity (Wildman–Crippen MR) is 91.9 cm³/mol. The minimum atomic E-state index is -0.125. The molecule has 3 rings (SSSR count). The van der Waals surface area contributed by atoms with Gasteiger partial charge in [0.15, 0.2) is 0 Å². The summed E-state index contributed by atoms with van der Waals surface area (Å²) in [6.45, 7) is 1.93. The van der Waals surface area contributed by atoms with Gasteiger partial charge < -0.3 is 15.1 Å². The molecule has 2 amide bonds. The summed E-state index contributed by atoms with van der Waals surface area (Å²) in [6, 6.07) is 3.58. The maximum absolute atomic E-state index is 12.3. The third-order valence-corrected chi connectivity index (χ3v) is 4.21. The maximum Gasteiger partial charge on any atom is 0.317 e. The molecular formula is C16H19ClN6O. The first-order valence-electron chi connectivity index (χ1n) is 7.75. The molecule has 7 nitrogen and oxygen atoms in total. The van der Waals surface area contributed by atoms with E-state index in [4.69, 9.17) is 11.6 Å². The molecule has 24 heavy (non-hydrogen) atoms. The van der Waals surface area contributed by atoms with Gasteiger partial charge in [-0.15, -0.1) is 0 Å². The highest BCUT2D eigenvalue weighted by Crippen LogP contribution is 2.25. The maximum atomic E-state index is 12.3. The number of hydrogen-bond acceptors (Lipinski definition) is 5. The summed E-state index contributed by atoms with van der Waals surface area (Å²) in [5.74, 6) is 0.767. The zero-order valence-corrected chi connectivity index (χ0v) is 14.1. The van der Waals surface area contributed by atoms with Crippen LogP contribution in [-0.4, -0.2) is 52.1 Å². The van der Waals surface area contributed by atoms with Gasteiger partial charge in [0, 0.05) is 44.8 Å². The van der Waals surface area contributed by atoms with Crippen LogP contribution in [0.5, 0.6) is 0 Å². The van der Waals surface area contributed by atoms with Crippen molar-refractivity contribution in [3.8, 4) is 0 Å². The van der Waals surface area contributed by atoms with E-state index in [9.17, 15) is 4.79 Å². The highest BCUT2D eigenvalue weighted by molar-refractivity contribution is 6.32. The molecule has 1 atom stereocenters. The third-order valence-electron chi connectivity index (χ3n) is 3.92. The van der Waals surface area contributed by atoms with Gasteiger partial charge in [0.2, 0.25) is 0 Å². The second kappa shape index (κ2) is 7.44. The summed E-state index contributed by atoms with van der Waals surface area (Å²) in [4.78, 5) is 28.5. The molecule has 2 aromatic rings. The van der Waals surface area contributed by atoms with Crippen LogP contribution in [-0.2, 0) is 6.54 Å². The average molecular weight is 347 g/mol. The van der Waals surface area contributed by atoms with Gasteiger partial charge >= 0.3 is 6.03 Å². The first kappa shape index (κ1) is 16.4. The van der Waals surface area contributed by atoms with E-state index in [1.807, 2.05) is 12.1 Å². The van der Waals surface area contributed by atoms with Gasteiger partial charge in [0.05, 0.1) is 23.5 Å². The average Bonchev–Trinajstić information content (AvgIpc) is 3.04. The Kier molecular flexibility index (Phi) is 5.10. The van der Waals surface area contributed by atoms with Crippen LogP contribution in [0.3, 0.4) is 0 Å². The molecule has 0 radical (unpaired) electrons. The highest BCUT2D eigenvalue weighted by atomic mass is 35.5. The van der Waals surface area contributed by atoms with Crippen LogP contribution in [0.25, 0.3) is 0 Å². The lowest BCUT2D eigenvalue weighted by atomic mass is 10.3. The fourth-order valence-corrected chi connectivity index (χ4v) is 2.93. The normalized spacial score (nSPS) is 16.9. The molecule has 3 heterocycles. The van der Waals surface area contributed by atoms with Crippen LogP contribution in [0.15, 0.2) is 36.9 Å². The fraction of sp³-hybridized carbons (Fsp3) is 0.375. The van der Waals surface area contributed by atoms with Crippen LogP contribution in [0, 0.1) is 0 Å². The number of rotatable bonds is 4. The lowest BCUT2D eigenvalue weighted by Gasteiger charge is -2.22. The van der Waals surface area contributed by atoms with Crippen LogP contribution >= 0.6 is 11.6 Å². The number of nitrogens with zero attached hydrogens (tertiary/aromatic N) is 5. The first-order chi connectivity index (χ1) is 11.6. The van der Waals surface area contributed by atoms with Crippen molar-refractivity contribution >= 4 is 23.4 Å². The van der Waals surface area contributed by atoms with E-state index in [2.05, 4.69) is 25.2 Å². The number of urea groups is 1. The Hall–Kier alpha value is -2.41. The van der Waals surface area contributed by atoms with Crippen molar-refractivity contribution in [3.63, 3.8) is 0 Å². The van der Waals surface area contributed by atoms with E-state index in [0.29, 0.717) is 18.1 Å². The predicted octanol–water partition coefficient (Wildman–Crippen LogP) is 1.95. The molecule has 8 heteroatoms. The van der Waals surface area contributed by atoms with Gasteiger partial charge in [-0.1, -0.05) is 11.6 Å². The van der Waals surface area contributed by atoms with E-state index < -0.39 is 0 Å². The highest BCUT2D eigenvalue weighted by Gasteiger charge is 2.26. The number of carbonyl (C=O) groups excluding carboxylic acids is 1. The second-order valence-electron chi connectivity index (χ2n) is 5.74. The van der Waals surface area contributed by atoms with Gasteiger partial charge in [-0.25, -0.2) is 9.78 Å². The molecule has 1 aliphatic heterocycles. The van der Waals surface area contributed by atoms with Gasteiger partial charge in [-0.05, 0) is 18.6 Å². The summed E-state index contributed by atoms with van der Waals surface area (Å²) < 4.78 is 0. The van der Waals surface area contributed by atoms with Crippen LogP contribution in [0.2, 0.25) is 5.02 Å². The van der Waals surface area contributed by atoms with Gasteiger partial charge in [0.1, 0.15) is 5.82 Å². The quantitative estimate of drug-likeness (QED) is 0.915. The SMILES string of the molecule is CN(Cc1cnccn1)C(=O)NC1CCN(c2ncccc2Cl)C1. The lowest BCUT2D eigenvalue weighted by Crippen LogP contribution is -2.44. The van der Waals surface area contributed by atoms with Crippen molar-refractivity contribution in [2.75, 3.05) is 25.0 Å². The van der Waals surface area contributed by atoms with E-state index in [0.717, 1.165) is 24.5 Å². The largest absolute Gasteiger partial charge is 0.353 e. The number of carbonyl (C=O) groups is 1. The molecule has 0 aliphatic carbocycles. The molecule has 1 aliphatic rings. The Bertz CT molecular complexity index is 698. The zero-order valence-electron chi connectivity index (χ0n) is 13.4. The number of nitrogens with one attached hydrogen (secondary N) is 1. The monoisotopic (exact) mass is 346 g/mol. The summed E-state index contributed by atoms with van der Waals surface area (Å²) in [5.41, 5.74) is 0.753. The van der Waals surface area contributed by atoms with Crippen molar-refractivity contribution in [2.24, 2.45) is 0 Å². The van der Waals surface area contributed by atoms with Crippen molar-refractivity contribution in [3.05, 3.63) is 47.6 Å².